The molecule has 0 aliphatic heterocycles. The van der Waals surface area contributed by atoms with Gasteiger partial charge in [-0.05, 0) is 6.07 Å². The summed E-state index contributed by atoms with van der Waals surface area (Å²) >= 11 is 0. The zero-order valence-corrected chi connectivity index (χ0v) is 6.66. The van der Waals surface area contributed by atoms with Gasteiger partial charge < -0.3 is 15.3 Å². The number of hydrogen-bond donors (Lipinski definition) is 2. The lowest BCUT2D eigenvalue weighted by molar-refractivity contribution is 0.961. The first-order valence-electron chi connectivity index (χ1n) is 3.63. The average Bonchev–Trinajstić information content (AvgIpc) is 2.32. The minimum atomic E-state index is -0.00366. The first-order valence-corrected chi connectivity index (χ1v) is 3.63. The molecule has 3 N–H and O–H groups in total. The number of H-pyrrole nitrogens is 1. The van der Waals surface area contributed by atoms with Crippen molar-refractivity contribution in [2.75, 3.05) is 5.73 Å². The molecule has 0 aliphatic carbocycles. The van der Waals surface area contributed by atoms with Gasteiger partial charge in [-0.1, -0.05) is 0 Å². The van der Waals surface area contributed by atoms with Gasteiger partial charge in [-0.15, -0.1) is 0 Å². The number of aromatic nitrogens is 2. The lowest BCUT2D eigenvalue weighted by atomic mass is 10.3. The fourth-order valence-electron chi connectivity index (χ4n) is 1.27. The summed E-state index contributed by atoms with van der Waals surface area (Å²) in [6, 6.07) is 3.16. The molecule has 4 nitrogen and oxygen atoms in total. The molecule has 0 saturated heterocycles. The molecule has 0 spiro atoms. The number of fused-ring (bicyclic) bond motifs is 1. The minimum Gasteiger partial charge on any atom is -0.385 e. The second-order valence-electron chi connectivity index (χ2n) is 2.73. The average molecular weight is 163 g/mol. The number of rotatable bonds is 0. The van der Waals surface area contributed by atoms with Crippen molar-refractivity contribution >= 4 is 16.9 Å². The van der Waals surface area contributed by atoms with E-state index in [1.54, 1.807) is 16.8 Å². The van der Waals surface area contributed by atoms with Crippen LogP contribution in [0.1, 0.15) is 0 Å². The number of aromatic amines is 1. The summed E-state index contributed by atoms with van der Waals surface area (Å²) in [5, 5.41) is 0.637. The van der Waals surface area contributed by atoms with Crippen molar-refractivity contribution in [3.05, 3.63) is 28.6 Å². The van der Waals surface area contributed by atoms with Crippen molar-refractivity contribution in [2.45, 2.75) is 0 Å². The number of nitrogens with two attached hydrogens (primary N) is 1. The van der Waals surface area contributed by atoms with E-state index in [-0.39, 0.29) is 5.43 Å². The van der Waals surface area contributed by atoms with Gasteiger partial charge in [0.2, 0.25) is 0 Å². The quantitative estimate of drug-likeness (QED) is 0.592. The van der Waals surface area contributed by atoms with Crippen LogP contribution >= 0.6 is 0 Å². The van der Waals surface area contributed by atoms with E-state index in [9.17, 15) is 4.79 Å². The number of nitrogens with zero attached hydrogens (tertiary/aromatic N) is 1. The highest BCUT2D eigenvalue weighted by molar-refractivity contribution is 5.80. The summed E-state index contributed by atoms with van der Waals surface area (Å²) in [5.41, 5.74) is 6.39. The fraction of sp³-hybridized carbons (Fsp3) is 0.125. The van der Waals surface area contributed by atoms with E-state index in [0.717, 1.165) is 5.65 Å². The second kappa shape index (κ2) is 2.14. The second-order valence-corrected chi connectivity index (χ2v) is 2.73. The Balaban J connectivity index is 3.05. The molecule has 62 valence electrons. The van der Waals surface area contributed by atoms with E-state index >= 15 is 0 Å². The Morgan fingerprint density at radius 1 is 1.58 bits per heavy atom. The first-order chi connectivity index (χ1) is 5.70. The lowest BCUT2D eigenvalue weighted by Crippen LogP contribution is -2.00. The van der Waals surface area contributed by atoms with Crippen molar-refractivity contribution in [1.82, 2.24) is 9.55 Å². The van der Waals surface area contributed by atoms with Gasteiger partial charge in [-0.2, -0.15) is 0 Å². The number of hydrogen-bond acceptors (Lipinski definition) is 2. The van der Waals surface area contributed by atoms with Gasteiger partial charge in [-0.25, -0.2) is 0 Å². The monoisotopic (exact) mass is 163 g/mol. The van der Waals surface area contributed by atoms with E-state index in [4.69, 9.17) is 5.73 Å². The van der Waals surface area contributed by atoms with E-state index < -0.39 is 0 Å². The molecule has 2 aromatic rings. The van der Waals surface area contributed by atoms with Gasteiger partial charge in [0.05, 0.1) is 5.39 Å². The van der Waals surface area contributed by atoms with Gasteiger partial charge in [0.1, 0.15) is 11.5 Å². The summed E-state index contributed by atoms with van der Waals surface area (Å²) in [7, 11) is 1.81. The Kier molecular flexibility index (Phi) is 1.24. The summed E-state index contributed by atoms with van der Waals surface area (Å²) < 4.78 is 1.75. The van der Waals surface area contributed by atoms with Gasteiger partial charge >= 0.3 is 0 Å². The molecular weight excluding hydrogens is 154 g/mol. The van der Waals surface area contributed by atoms with Crippen molar-refractivity contribution < 1.29 is 0 Å². The van der Waals surface area contributed by atoms with E-state index in [2.05, 4.69) is 4.98 Å². The standard InChI is InChI=1S/C8H9N3O/c1-11-7(9)4-5-6(12)2-3-10-8(5)11/h2-4H,9H2,1H3,(H,10,12). The number of aryl methyl sites for hydroxylation is 1. The summed E-state index contributed by atoms with van der Waals surface area (Å²) in [6.45, 7) is 0. The van der Waals surface area contributed by atoms with Crippen LogP contribution in [-0.2, 0) is 7.05 Å². The summed E-state index contributed by atoms with van der Waals surface area (Å²) in [4.78, 5) is 14.2. The highest BCUT2D eigenvalue weighted by atomic mass is 16.1. The van der Waals surface area contributed by atoms with Gasteiger partial charge in [0, 0.05) is 19.3 Å². The third kappa shape index (κ3) is 0.747. The molecular formula is C8H9N3O. The zero-order chi connectivity index (χ0) is 8.72. The topological polar surface area (TPSA) is 63.8 Å². The number of nitrogens with one attached hydrogen (secondary N) is 1. The molecule has 0 saturated carbocycles. The zero-order valence-electron chi connectivity index (χ0n) is 6.66. The Morgan fingerprint density at radius 2 is 2.33 bits per heavy atom. The van der Waals surface area contributed by atoms with Crippen LogP contribution in [0.2, 0.25) is 0 Å². The molecule has 0 bridgehead atoms. The van der Waals surface area contributed by atoms with Crippen LogP contribution in [-0.4, -0.2) is 9.55 Å². The van der Waals surface area contributed by atoms with E-state index in [0.29, 0.717) is 11.2 Å². The van der Waals surface area contributed by atoms with Gasteiger partial charge in [-0.3, -0.25) is 4.79 Å². The molecule has 0 aliphatic rings. The molecule has 0 aromatic carbocycles. The molecule has 0 fully saturated rings. The molecule has 12 heavy (non-hydrogen) atoms. The SMILES string of the molecule is Cn1c(N)cc2c(=O)cc[nH]c21. The molecule has 0 amide bonds. The molecule has 0 atom stereocenters. The molecule has 0 radical (unpaired) electrons. The molecule has 2 heterocycles. The van der Waals surface area contributed by atoms with Crippen LogP contribution < -0.4 is 11.2 Å². The van der Waals surface area contributed by atoms with Crippen LogP contribution in [0.3, 0.4) is 0 Å². The Labute approximate surface area is 68.6 Å². The third-order valence-corrected chi connectivity index (χ3v) is 1.99. The van der Waals surface area contributed by atoms with Gasteiger partial charge in [0.15, 0.2) is 5.43 Å². The first kappa shape index (κ1) is 6.97. The van der Waals surface area contributed by atoms with E-state index in [1.807, 2.05) is 7.05 Å². The highest BCUT2D eigenvalue weighted by Crippen LogP contribution is 2.13. The Bertz CT molecular complexity index is 480. The van der Waals surface area contributed by atoms with Crippen LogP contribution in [0.5, 0.6) is 0 Å². The highest BCUT2D eigenvalue weighted by Gasteiger charge is 2.04. The van der Waals surface area contributed by atoms with Crippen molar-refractivity contribution in [2.24, 2.45) is 7.05 Å². The van der Waals surface area contributed by atoms with Crippen LogP contribution in [0, 0.1) is 0 Å². The number of pyridine rings is 1. The summed E-state index contributed by atoms with van der Waals surface area (Å²) in [6.07, 6.45) is 1.62. The van der Waals surface area contributed by atoms with Crippen molar-refractivity contribution in [1.29, 1.82) is 0 Å². The summed E-state index contributed by atoms with van der Waals surface area (Å²) in [5.74, 6) is 0.588. The van der Waals surface area contributed by atoms with Crippen LogP contribution in [0.25, 0.3) is 11.0 Å². The number of nitrogen functional groups attached to an aromatic ring is 1. The predicted molar refractivity (Wildman–Crippen MR) is 48.0 cm³/mol. The van der Waals surface area contributed by atoms with E-state index in [1.165, 1.54) is 6.07 Å². The maximum Gasteiger partial charge on any atom is 0.191 e. The minimum absolute atomic E-state index is 0.00366. The normalized spacial score (nSPS) is 10.8. The van der Waals surface area contributed by atoms with Gasteiger partial charge in [0.25, 0.3) is 0 Å². The smallest absolute Gasteiger partial charge is 0.191 e. The number of anilines is 1. The Hall–Kier alpha value is -1.71. The van der Waals surface area contributed by atoms with Crippen LogP contribution in [0.15, 0.2) is 23.1 Å². The molecule has 4 heteroatoms. The largest absolute Gasteiger partial charge is 0.385 e. The third-order valence-electron chi connectivity index (χ3n) is 1.99. The fourth-order valence-corrected chi connectivity index (χ4v) is 1.27. The Morgan fingerprint density at radius 3 is 3.00 bits per heavy atom. The van der Waals surface area contributed by atoms with Crippen molar-refractivity contribution in [3.63, 3.8) is 0 Å². The lowest BCUT2D eigenvalue weighted by Gasteiger charge is -1.96. The molecule has 2 rings (SSSR count). The maximum atomic E-state index is 11.3. The predicted octanol–water partition coefficient (Wildman–Crippen LogP) is 0.449. The van der Waals surface area contributed by atoms with Crippen LogP contribution in [0.4, 0.5) is 5.82 Å². The molecule has 2 aromatic heterocycles. The van der Waals surface area contributed by atoms with Crippen molar-refractivity contribution in [3.8, 4) is 0 Å². The maximum absolute atomic E-state index is 11.3. The molecule has 0 unspecified atom stereocenters.